The molecule has 4 fully saturated rings. The fraction of sp³-hybridized carbons (Fsp3) is 0.895. The van der Waals surface area contributed by atoms with Gasteiger partial charge >= 0.3 is 11.9 Å². The van der Waals surface area contributed by atoms with Crippen molar-refractivity contribution >= 4 is 11.9 Å². The summed E-state index contributed by atoms with van der Waals surface area (Å²) in [7, 11) is 0. The van der Waals surface area contributed by atoms with E-state index in [9.17, 15) is 9.59 Å². The van der Waals surface area contributed by atoms with Crippen LogP contribution in [0.4, 0.5) is 0 Å². The Morgan fingerprint density at radius 3 is 2.17 bits per heavy atom. The zero-order valence-corrected chi connectivity index (χ0v) is 28.7. The van der Waals surface area contributed by atoms with Crippen LogP contribution in [0.15, 0.2) is 12.2 Å². The minimum Gasteiger partial charge on any atom is -0.462 e. The number of hydrogen-bond acceptors (Lipinski definition) is 4. The minimum atomic E-state index is -0.345. The van der Waals surface area contributed by atoms with E-state index in [1.807, 2.05) is 0 Å². The molecule has 0 N–H and O–H groups in total. The van der Waals surface area contributed by atoms with Gasteiger partial charge in [0, 0.05) is 13.8 Å². The molecule has 0 aromatic carbocycles. The lowest BCUT2D eigenvalue weighted by Gasteiger charge is -2.71. The van der Waals surface area contributed by atoms with Crippen molar-refractivity contribution in [2.45, 2.75) is 140 Å². The van der Waals surface area contributed by atoms with E-state index in [2.05, 4.69) is 67.5 Å². The van der Waals surface area contributed by atoms with Gasteiger partial charge in [-0.15, -0.1) is 0 Å². The maximum absolute atomic E-state index is 11.7. The first-order valence-electron chi connectivity index (χ1n) is 17.5. The predicted octanol–water partition coefficient (Wildman–Crippen LogP) is 9.41. The topological polar surface area (TPSA) is 52.6 Å². The van der Waals surface area contributed by atoms with Gasteiger partial charge in [-0.1, -0.05) is 67.5 Å². The van der Waals surface area contributed by atoms with Gasteiger partial charge in [-0.05, 0) is 133 Å². The molecule has 0 unspecified atom stereocenters. The molecule has 0 spiro atoms. The Kier molecular flexibility index (Phi) is 8.35. The lowest BCUT2D eigenvalue weighted by molar-refractivity contribution is -0.202. The van der Waals surface area contributed by atoms with Crippen molar-refractivity contribution in [3.05, 3.63) is 12.2 Å². The van der Waals surface area contributed by atoms with Gasteiger partial charge in [0.15, 0.2) is 0 Å². The van der Waals surface area contributed by atoms with Crippen molar-refractivity contribution in [3.8, 4) is 0 Å². The first-order chi connectivity index (χ1) is 19.5. The van der Waals surface area contributed by atoms with Crippen LogP contribution in [0.2, 0.25) is 0 Å². The van der Waals surface area contributed by atoms with Gasteiger partial charge in [0.2, 0.25) is 0 Å². The third-order valence-corrected chi connectivity index (χ3v) is 15.4. The molecular weight excluding hydrogens is 520 g/mol. The fourth-order valence-corrected chi connectivity index (χ4v) is 12.7. The largest absolute Gasteiger partial charge is 0.462 e. The van der Waals surface area contributed by atoms with Gasteiger partial charge in [-0.3, -0.25) is 9.59 Å². The van der Waals surface area contributed by atoms with Gasteiger partial charge in [0.1, 0.15) is 12.7 Å². The minimum absolute atomic E-state index is 0.164. The Bertz CT molecular complexity index is 1080. The molecular formula is C38H62O4. The summed E-state index contributed by atoms with van der Waals surface area (Å²) in [5, 5.41) is 0. The van der Waals surface area contributed by atoms with Crippen LogP contribution >= 0.6 is 0 Å². The first kappa shape index (κ1) is 32.1. The molecule has 238 valence electrons. The first-order valence-corrected chi connectivity index (χ1v) is 17.5. The second-order valence-electron chi connectivity index (χ2n) is 17.4. The number of hydrogen-bond donors (Lipinski definition) is 0. The second-order valence-corrected chi connectivity index (χ2v) is 17.4. The van der Waals surface area contributed by atoms with Gasteiger partial charge < -0.3 is 9.47 Å². The number of allylic oxidation sites excluding steroid dienone is 2. The van der Waals surface area contributed by atoms with E-state index >= 15 is 0 Å². The van der Waals surface area contributed by atoms with Gasteiger partial charge in [-0.25, -0.2) is 0 Å². The van der Waals surface area contributed by atoms with Crippen LogP contribution in [-0.4, -0.2) is 24.6 Å². The molecule has 0 aromatic heterocycles. The second kappa shape index (κ2) is 10.9. The maximum atomic E-state index is 11.7. The Morgan fingerprint density at radius 1 is 0.833 bits per heavy atom. The molecule has 0 aromatic rings. The molecule has 5 aliphatic rings. The summed E-state index contributed by atoms with van der Waals surface area (Å²) in [5.41, 5.74) is 1.79. The Hall–Kier alpha value is -1.32. The van der Waals surface area contributed by atoms with E-state index in [0.29, 0.717) is 33.5 Å². The van der Waals surface area contributed by atoms with Crippen LogP contribution in [0.3, 0.4) is 0 Å². The van der Waals surface area contributed by atoms with Crippen LogP contribution in [0, 0.1) is 68.5 Å². The number of carbonyl (C=O) groups is 2. The standard InChI is InChI=1S/C38H62O4/c1-24(11-12-28(42-27(4)40)23-41-26(3)39)29-16-20-35(7)30(29)17-21-37(9)32(35)13-14-33-36(8)19-15-25(2)34(5,6)31(36)18-22-38(33,37)10/h18,22,24-25,28-33H,11-17,19-21,23H2,1-10H3/t24-,25+,28-,29-,30+,31-,32-,33-,35+,36+,37-,38-/m1/s1. The van der Waals surface area contributed by atoms with Gasteiger partial charge in [-0.2, -0.15) is 0 Å². The quantitative estimate of drug-likeness (QED) is 0.222. The highest BCUT2D eigenvalue weighted by molar-refractivity contribution is 5.67. The van der Waals surface area contributed by atoms with Crippen molar-refractivity contribution in [2.75, 3.05) is 6.61 Å². The molecule has 12 atom stereocenters. The van der Waals surface area contributed by atoms with E-state index in [1.165, 1.54) is 65.2 Å². The predicted molar refractivity (Wildman–Crippen MR) is 169 cm³/mol. The molecule has 4 nitrogen and oxygen atoms in total. The van der Waals surface area contributed by atoms with Crippen molar-refractivity contribution in [1.82, 2.24) is 0 Å². The number of ether oxygens (including phenoxy) is 2. The highest BCUT2D eigenvalue weighted by Gasteiger charge is 2.69. The summed E-state index contributed by atoms with van der Waals surface area (Å²) in [5.74, 6) is 4.48. The van der Waals surface area contributed by atoms with Crippen molar-refractivity contribution in [3.63, 3.8) is 0 Å². The SMILES string of the molecule is CC(=O)OC[C@@H](CC[C@@H](C)[C@H]1CC[C@]2(C)[C@H]3CC[C@@H]4[C@@]5(C)CC[C@H](C)C(C)(C)[C@H]5C=C[C@@]4(C)[C@]3(C)CC[C@@H]12)OC(C)=O. The Balaban J connectivity index is 1.34. The van der Waals surface area contributed by atoms with Crippen molar-refractivity contribution in [2.24, 2.45) is 68.5 Å². The molecule has 4 heteroatoms. The van der Waals surface area contributed by atoms with Crippen molar-refractivity contribution in [1.29, 1.82) is 0 Å². The Morgan fingerprint density at radius 2 is 1.50 bits per heavy atom. The third kappa shape index (κ3) is 4.83. The maximum Gasteiger partial charge on any atom is 0.303 e. The van der Waals surface area contributed by atoms with E-state index in [4.69, 9.17) is 9.47 Å². The van der Waals surface area contributed by atoms with Crippen LogP contribution in [0.1, 0.15) is 133 Å². The average Bonchev–Trinajstić information content (AvgIpc) is 3.25. The number of rotatable bonds is 7. The van der Waals surface area contributed by atoms with Crippen molar-refractivity contribution < 1.29 is 19.1 Å². The summed E-state index contributed by atoms with van der Waals surface area (Å²) in [6.07, 6.45) is 17.8. The molecule has 0 heterocycles. The zero-order chi connectivity index (χ0) is 30.9. The number of fused-ring (bicyclic) bond motifs is 7. The summed E-state index contributed by atoms with van der Waals surface area (Å²) >= 11 is 0. The van der Waals surface area contributed by atoms with E-state index < -0.39 is 0 Å². The molecule has 0 saturated heterocycles. The van der Waals surface area contributed by atoms with Crippen LogP contribution in [0.5, 0.6) is 0 Å². The summed E-state index contributed by atoms with van der Waals surface area (Å²) in [4.78, 5) is 23.1. The zero-order valence-electron chi connectivity index (χ0n) is 28.7. The molecule has 42 heavy (non-hydrogen) atoms. The molecule has 0 radical (unpaired) electrons. The summed E-state index contributed by atoms with van der Waals surface area (Å²) in [6, 6.07) is 0. The smallest absolute Gasteiger partial charge is 0.303 e. The Labute approximate surface area is 257 Å². The summed E-state index contributed by atoms with van der Waals surface area (Å²) in [6.45, 7) is 23.8. The molecule has 5 rings (SSSR count). The highest BCUT2D eigenvalue weighted by Crippen LogP contribution is 2.77. The highest BCUT2D eigenvalue weighted by atomic mass is 16.6. The average molecular weight is 583 g/mol. The number of carbonyl (C=O) groups excluding carboxylic acids is 2. The summed E-state index contributed by atoms with van der Waals surface area (Å²) < 4.78 is 10.8. The lowest BCUT2D eigenvalue weighted by atomic mass is 9.33. The van der Waals surface area contributed by atoms with E-state index in [-0.39, 0.29) is 30.1 Å². The van der Waals surface area contributed by atoms with E-state index in [1.54, 1.807) is 0 Å². The van der Waals surface area contributed by atoms with Gasteiger partial charge in [0.25, 0.3) is 0 Å². The van der Waals surface area contributed by atoms with E-state index in [0.717, 1.165) is 42.4 Å². The monoisotopic (exact) mass is 582 g/mol. The third-order valence-electron chi connectivity index (χ3n) is 15.4. The molecule has 0 aliphatic heterocycles. The molecule has 0 amide bonds. The van der Waals surface area contributed by atoms with Gasteiger partial charge in [0.05, 0.1) is 0 Å². The fourth-order valence-electron chi connectivity index (χ4n) is 12.7. The lowest BCUT2D eigenvalue weighted by Crippen LogP contribution is -2.64. The van der Waals surface area contributed by atoms with Crippen LogP contribution < -0.4 is 0 Å². The molecule has 0 bridgehead atoms. The number of esters is 2. The molecule has 5 aliphatic carbocycles. The normalized spacial score (nSPS) is 46.8. The van der Waals surface area contributed by atoms with Crippen LogP contribution in [0.25, 0.3) is 0 Å². The van der Waals surface area contributed by atoms with Crippen LogP contribution in [-0.2, 0) is 19.1 Å². The molecule has 4 saturated carbocycles.